The Bertz CT molecular complexity index is 748. The fourth-order valence-corrected chi connectivity index (χ4v) is 3.21. The average Bonchev–Trinajstić information content (AvgIpc) is 2.76. The molecule has 0 bridgehead atoms. The van der Waals surface area contributed by atoms with E-state index in [-0.39, 0.29) is 44.2 Å². The van der Waals surface area contributed by atoms with Gasteiger partial charge in [0.05, 0.1) is 13.0 Å². The molecule has 0 unspecified atom stereocenters. The molecular weight excluding hydrogens is 448 g/mol. The van der Waals surface area contributed by atoms with Gasteiger partial charge in [0.2, 0.25) is 17.7 Å². The summed E-state index contributed by atoms with van der Waals surface area (Å²) in [6.45, 7) is 5.18. The van der Waals surface area contributed by atoms with Crippen LogP contribution in [0.25, 0.3) is 0 Å². The first kappa shape index (κ1) is 30.6. The first-order chi connectivity index (χ1) is 15.9. The van der Waals surface area contributed by atoms with Gasteiger partial charge in [-0.05, 0) is 32.6 Å². The summed E-state index contributed by atoms with van der Waals surface area (Å²) in [5.74, 6) is -4.51. The number of hydrogen-bond donors (Lipinski definition) is 6. The number of carbonyl (C=O) groups excluding carboxylic acids is 3. The van der Waals surface area contributed by atoms with Crippen LogP contribution in [0.1, 0.15) is 65.7 Å². The van der Waals surface area contributed by atoms with Gasteiger partial charge >= 0.3 is 11.9 Å². The van der Waals surface area contributed by atoms with Crippen molar-refractivity contribution in [1.29, 1.82) is 0 Å². The fourth-order valence-electron chi connectivity index (χ4n) is 3.21. The van der Waals surface area contributed by atoms with Crippen molar-refractivity contribution in [3.05, 3.63) is 0 Å². The summed E-state index contributed by atoms with van der Waals surface area (Å²) in [5, 5.41) is 23.3. The van der Waals surface area contributed by atoms with Crippen molar-refractivity contribution in [3.8, 4) is 0 Å². The van der Waals surface area contributed by atoms with Crippen LogP contribution in [0.3, 0.4) is 0 Å². The summed E-state index contributed by atoms with van der Waals surface area (Å²) in [6, 6.07) is -1.49. The zero-order valence-electron chi connectivity index (χ0n) is 20.1. The lowest BCUT2D eigenvalue weighted by Gasteiger charge is -2.30. The largest absolute Gasteiger partial charge is 0.481 e. The van der Waals surface area contributed by atoms with Gasteiger partial charge in [-0.25, -0.2) is 4.79 Å². The van der Waals surface area contributed by atoms with Gasteiger partial charge in [0.1, 0.15) is 11.6 Å². The second kappa shape index (κ2) is 15.5. The standard InChI is InChI=1S/C21H38N6O7/c1-4-21(5-2,19(33)34)26-18(32)14(12-17(30)31)25-15(28)13-27(6-3)16(29)10-8-7-9-11-24-20(22)23/h14H,4-13H2,1-3H3,(H,25,28)(H,26,32)(H,30,31)(H,33,34)(H4,22,23,24)/t14-/m0/s1. The number of rotatable bonds is 17. The molecule has 0 aliphatic carbocycles. The molecule has 0 rings (SSSR count). The molecule has 0 aromatic heterocycles. The van der Waals surface area contributed by atoms with Crippen molar-refractivity contribution in [3.63, 3.8) is 0 Å². The highest BCUT2D eigenvalue weighted by Crippen LogP contribution is 2.16. The number of carbonyl (C=O) groups is 5. The Labute approximate surface area is 199 Å². The lowest BCUT2D eigenvalue weighted by Crippen LogP contribution is -2.59. The van der Waals surface area contributed by atoms with E-state index < -0.39 is 41.8 Å². The molecule has 0 radical (unpaired) electrons. The monoisotopic (exact) mass is 486 g/mol. The van der Waals surface area contributed by atoms with Crippen LogP contribution in [0.5, 0.6) is 0 Å². The van der Waals surface area contributed by atoms with E-state index in [9.17, 15) is 29.1 Å². The summed E-state index contributed by atoms with van der Waals surface area (Å²) >= 11 is 0. The molecule has 3 amide bonds. The van der Waals surface area contributed by atoms with Crippen LogP contribution in [0.15, 0.2) is 4.99 Å². The van der Waals surface area contributed by atoms with Gasteiger partial charge in [-0.3, -0.25) is 24.2 Å². The minimum absolute atomic E-state index is 0.00664. The maximum atomic E-state index is 12.7. The molecule has 0 aliphatic heterocycles. The van der Waals surface area contributed by atoms with Crippen LogP contribution in [0.2, 0.25) is 0 Å². The predicted molar refractivity (Wildman–Crippen MR) is 125 cm³/mol. The summed E-state index contributed by atoms with van der Waals surface area (Å²) < 4.78 is 0. The van der Waals surface area contributed by atoms with Gasteiger partial charge in [0.25, 0.3) is 0 Å². The Kier molecular flexibility index (Phi) is 13.9. The number of amides is 3. The van der Waals surface area contributed by atoms with E-state index in [0.29, 0.717) is 25.8 Å². The number of carboxylic acids is 2. The first-order valence-corrected chi connectivity index (χ1v) is 11.3. The molecule has 0 spiro atoms. The topological polar surface area (TPSA) is 218 Å². The molecular formula is C21H38N6O7. The van der Waals surface area contributed by atoms with Crippen LogP contribution in [-0.4, -0.2) is 81.9 Å². The molecule has 0 saturated carbocycles. The van der Waals surface area contributed by atoms with Crippen LogP contribution >= 0.6 is 0 Å². The second-order valence-electron chi connectivity index (χ2n) is 7.83. The number of unbranched alkanes of at least 4 members (excludes halogenated alkanes) is 2. The van der Waals surface area contributed by atoms with Crippen molar-refractivity contribution >= 4 is 35.6 Å². The van der Waals surface area contributed by atoms with Crippen LogP contribution in [0, 0.1) is 0 Å². The molecule has 194 valence electrons. The molecule has 0 aromatic carbocycles. The van der Waals surface area contributed by atoms with Gasteiger partial charge in [0.15, 0.2) is 5.96 Å². The van der Waals surface area contributed by atoms with Crippen molar-refractivity contribution < 1.29 is 34.2 Å². The number of nitrogens with one attached hydrogen (secondary N) is 2. The van der Waals surface area contributed by atoms with Gasteiger partial charge in [-0.1, -0.05) is 20.3 Å². The lowest BCUT2D eigenvalue weighted by molar-refractivity contribution is -0.149. The Hall–Kier alpha value is -3.38. The highest BCUT2D eigenvalue weighted by molar-refractivity contribution is 5.95. The minimum Gasteiger partial charge on any atom is -0.481 e. The molecule has 0 aliphatic rings. The number of guanidine groups is 1. The van der Waals surface area contributed by atoms with Crippen molar-refractivity contribution in [2.75, 3.05) is 19.6 Å². The van der Waals surface area contributed by atoms with Crippen molar-refractivity contribution in [2.45, 2.75) is 77.3 Å². The first-order valence-electron chi connectivity index (χ1n) is 11.3. The van der Waals surface area contributed by atoms with Crippen molar-refractivity contribution in [2.24, 2.45) is 16.5 Å². The molecule has 13 nitrogen and oxygen atoms in total. The Morgan fingerprint density at radius 3 is 2.09 bits per heavy atom. The Morgan fingerprint density at radius 2 is 1.62 bits per heavy atom. The predicted octanol–water partition coefficient (Wildman–Crippen LogP) is -0.612. The third kappa shape index (κ3) is 11.0. The maximum Gasteiger partial charge on any atom is 0.329 e. The number of hydrogen-bond acceptors (Lipinski definition) is 6. The number of carboxylic acid groups (broad SMARTS) is 2. The van der Waals surface area contributed by atoms with Gasteiger partial charge in [0, 0.05) is 19.5 Å². The maximum absolute atomic E-state index is 12.7. The van der Waals surface area contributed by atoms with Crippen molar-refractivity contribution in [1.82, 2.24) is 15.5 Å². The molecule has 0 saturated heterocycles. The Balaban J connectivity index is 5.02. The van der Waals surface area contributed by atoms with E-state index in [4.69, 9.17) is 16.6 Å². The number of likely N-dealkylation sites (N-methyl/N-ethyl adjacent to an activating group) is 1. The highest BCUT2D eigenvalue weighted by atomic mass is 16.4. The molecule has 0 aromatic rings. The third-order valence-electron chi connectivity index (χ3n) is 5.42. The molecule has 8 N–H and O–H groups in total. The highest BCUT2D eigenvalue weighted by Gasteiger charge is 2.39. The fraction of sp³-hybridized carbons (Fsp3) is 0.714. The lowest BCUT2D eigenvalue weighted by atomic mass is 9.92. The summed E-state index contributed by atoms with van der Waals surface area (Å²) in [4.78, 5) is 65.6. The van der Waals surface area contributed by atoms with E-state index in [1.54, 1.807) is 20.8 Å². The number of nitrogens with two attached hydrogens (primary N) is 2. The molecule has 34 heavy (non-hydrogen) atoms. The zero-order valence-corrected chi connectivity index (χ0v) is 20.1. The summed E-state index contributed by atoms with van der Waals surface area (Å²) in [7, 11) is 0. The van der Waals surface area contributed by atoms with Crippen LogP contribution in [0.4, 0.5) is 0 Å². The molecule has 0 fully saturated rings. The van der Waals surface area contributed by atoms with E-state index in [1.807, 2.05) is 0 Å². The number of aliphatic carboxylic acids is 2. The van der Waals surface area contributed by atoms with Gasteiger partial charge in [-0.2, -0.15) is 0 Å². The molecule has 0 heterocycles. The molecule has 1 atom stereocenters. The average molecular weight is 487 g/mol. The minimum atomic E-state index is -1.58. The van der Waals surface area contributed by atoms with E-state index in [1.165, 1.54) is 4.90 Å². The third-order valence-corrected chi connectivity index (χ3v) is 5.42. The number of aliphatic imine (C=N–C) groups is 1. The van der Waals surface area contributed by atoms with Gasteiger partial charge < -0.3 is 37.2 Å². The van der Waals surface area contributed by atoms with E-state index in [2.05, 4.69) is 15.6 Å². The smallest absolute Gasteiger partial charge is 0.329 e. The van der Waals surface area contributed by atoms with Crippen LogP contribution < -0.4 is 22.1 Å². The normalized spacial score (nSPS) is 11.7. The second-order valence-corrected chi connectivity index (χ2v) is 7.83. The SMILES string of the molecule is CCN(CC(=O)N[C@@H](CC(=O)O)C(=O)NC(CC)(CC)C(=O)O)C(=O)CCCCCN=C(N)N. The summed E-state index contributed by atoms with van der Waals surface area (Å²) in [6.07, 6.45) is 1.61. The van der Waals surface area contributed by atoms with E-state index >= 15 is 0 Å². The van der Waals surface area contributed by atoms with Gasteiger partial charge in [-0.15, -0.1) is 0 Å². The summed E-state index contributed by atoms with van der Waals surface area (Å²) in [5.41, 5.74) is 8.91. The number of nitrogens with zero attached hydrogens (tertiary/aromatic N) is 2. The Morgan fingerprint density at radius 1 is 1.00 bits per heavy atom. The van der Waals surface area contributed by atoms with Crippen LogP contribution in [-0.2, 0) is 24.0 Å². The molecule has 13 heteroatoms. The van der Waals surface area contributed by atoms with E-state index in [0.717, 1.165) is 0 Å². The quantitative estimate of drug-likeness (QED) is 0.0876. The zero-order chi connectivity index (χ0) is 26.3.